The summed E-state index contributed by atoms with van der Waals surface area (Å²) in [6.07, 6.45) is 0.414. The van der Waals surface area contributed by atoms with Crippen LogP contribution < -0.4 is 5.73 Å². The van der Waals surface area contributed by atoms with E-state index in [0.29, 0.717) is 6.41 Å². The fraction of sp³-hybridized carbons (Fsp3) is 0.333. The molecule has 19 heavy (non-hydrogen) atoms. The van der Waals surface area contributed by atoms with Crippen molar-refractivity contribution in [2.75, 3.05) is 13.7 Å². The zero-order chi connectivity index (χ0) is 13.4. The zero-order valence-corrected chi connectivity index (χ0v) is 11.3. The van der Waals surface area contributed by atoms with Crippen molar-refractivity contribution >= 4 is 24.8 Å². The lowest BCUT2D eigenvalue weighted by Gasteiger charge is -2.23. The lowest BCUT2D eigenvalue weighted by atomic mass is 10.2. The average molecular weight is 289 g/mol. The van der Waals surface area contributed by atoms with Gasteiger partial charge in [-0.25, -0.2) is 9.86 Å². The minimum Gasteiger partial charge on any atom is -0.467 e. The molecule has 0 heterocycles. The van der Waals surface area contributed by atoms with Gasteiger partial charge < -0.3 is 10.5 Å². The van der Waals surface area contributed by atoms with Crippen LogP contribution in [0.1, 0.15) is 5.56 Å². The largest absolute Gasteiger partial charge is 0.467 e. The number of methoxy groups -OCH3 is 1. The number of amides is 1. The second-order valence-electron chi connectivity index (χ2n) is 3.50. The van der Waals surface area contributed by atoms with Crippen LogP contribution in [0.4, 0.5) is 0 Å². The Morgan fingerprint density at radius 3 is 2.53 bits per heavy atom. The van der Waals surface area contributed by atoms with Gasteiger partial charge in [0.1, 0.15) is 6.61 Å². The molecule has 0 radical (unpaired) electrons. The fourth-order valence-corrected chi connectivity index (χ4v) is 1.36. The van der Waals surface area contributed by atoms with E-state index < -0.39 is 12.0 Å². The van der Waals surface area contributed by atoms with Crippen molar-refractivity contribution in [3.8, 4) is 0 Å². The first-order chi connectivity index (χ1) is 8.72. The summed E-state index contributed by atoms with van der Waals surface area (Å²) in [4.78, 5) is 27.5. The standard InChI is InChI=1S/C12H16N2O4.ClH/c1-17-12(16)11(7-13)14(9-15)18-8-10-5-3-2-4-6-10;/h2-6,9,11H,7-8,13H2,1H3;1H/t11-;/m0./s1. The Morgan fingerprint density at radius 2 is 2.05 bits per heavy atom. The Bertz CT molecular complexity index is 389. The molecule has 0 spiro atoms. The minimum atomic E-state index is -0.934. The maximum absolute atomic E-state index is 11.4. The van der Waals surface area contributed by atoms with Gasteiger partial charge in [-0.1, -0.05) is 30.3 Å². The van der Waals surface area contributed by atoms with Gasteiger partial charge in [0.05, 0.1) is 7.11 Å². The van der Waals surface area contributed by atoms with Gasteiger partial charge in [-0.05, 0) is 5.56 Å². The summed E-state index contributed by atoms with van der Waals surface area (Å²) in [5.74, 6) is -0.613. The third kappa shape index (κ3) is 5.25. The highest BCUT2D eigenvalue weighted by molar-refractivity contribution is 5.85. The Morgan fingerprint density at radius 1 is 1.42 bits per heavy atom. The Labute approximate surface area is 117 Å². The maximum atomic E-state index is 11.4. The van der Waals surface area contributed by atoms with Crippen molar-refractivity contribution in [1.29, 1.82) is 0 Å². The molecule has 7 heteroatoms. The molecule has 1 aromatic carbocycles. The highest BCUT2D eigenvalue weighted by Gasteiger charge is 2.25. The molecule has 0 aromatic heterocycles. The van der Waals surface area contributed by atoms with Crippen LogP contribution in [-0.4, -0.2) is 37.1 Å². The SMILES string of the molecule is COC(=O)[C@H](CN)N(C=O)OCc1ccccc1.Cl. The van der Waals surface area contributed by atoms with E-state index in [2.05, 4.69) is 4.74 Å². The molecule has 0 aliphatic carbocycles. The van der Waals surface area contributed by atoms with Crippen LogP contribution in [0.5, 0.6) is 0 Å². The van der Waals surface area contributed by atoms with Gasteiger partial charge in [-0.3, -0.25) is 9.63 Å². The zero-order valence-electron chi connectivity index (χ0n) is 10.5. The summed E-state index contributed by atoms with van der Waals surface area (Å²) in [6.45, 7) is 0.104. The summed E-state index contributed by atoms with van der Waals surface area (Å²) in [7, 11) is 1.23. The van der Waals surface area contributed by atoms with Crippen molar-refractivity contribution in [2.24, 2.45) is 5.73 Å². The summed E-state index contributed by atoms with van der Waals surface area (Å²) >= 11 is 0. The van der Waals surface area contributed by atoms with E-state index in [0.717, 1.165) is 10.6 Å². The first-order valence-electron chi connectivity index (χ1n) is 5.41. The molecule has 1 atom stereocenters. The first kappa shape index (κ1) is 17.4. The van der Waals surface area contributed by atoms with Crippen LogP contribution in [-0.2, 0) is 25.8 Å². The number of carbonyl (C=O) groups excluding carboxylic acids is 2. The quantitative estimate of drug-likeness (QED) is 0.449. The molecule has 0 saturated carbocycles. The summed E-state index contributed by atoms with van der Waals surface area (Å²) in [6, 6.07) is 8.33. The Balaban J connectivity index is 0.00000324. The average Bonchev–Trinajstić information content (AvgIpc) is 2.43. The topological polar surface area (TPSA) is 81.9 Å². The third-order valence-electron chi connectivity index (χ3n) is 2.33. The monoisotopic (exact) mass is 288 g/mol. The highest BCUT2D eigenvalue weighted by atomic mass is 35.5. The number of hydrogen-bond acceptors (Lipinski definition) is 5. The molecule has 0 saturated heterocycles. The van der Waals surface area contributed by atoms with Gasteiger partial charge in [0.25, 0.3) is 0 Å². The second kappa shape index (κ2) is 9.32. The smallest absolute Gasteiger partial charge is 0.332 e. The van der Waals surface area contributed by atoms with Crippen molar-refractivity contribution in [1.82, 2.24) is 5.06 Å². The predicted molar refractivity (Wildman–Crippen MR) is 71.2 cm³/mol. The number of halogens is 1. The van der Waals surface area contributed by atoms with Crippen LogP contribution in [0.25, 0.3) is 0 Å². The molecule has 106 valence electrons. The van der Waals surface area contributed by atoms with E-state index in [9.17, 15) is 9.59 Å². The highest BCUT2D eigenvalue weighted by Crippen LogP contribution is 2.05. The summed E-state index contributed by atoms with van der Waals surface area (Å²) in [5.41, 5.74) is 6.29. The van der Waals surface area contributed by atoms with Crippen LogP contribution in [0.3, 0.4) is 0 Å². The molecule has 1 rings (SSSR count). The van der Waals surface area contributed by atoms with Crippen LogP contribution >= 0.6 is 12.4 Å². The van der Waals surface area contributed by atoms with Crippen molar-refractivity contribution in [3.05, 3.63) is 35.9 Å². The lowest BCUT2D eigenvalue weighted by Crippen LogP contribution is -2.45. The lowest BCUT2D eigenvalue weighted by molar-refractivity contribution is -0.200. The van der Waals surface area contributed by atoms with Crippen LogP contribution in [0.15, 0.2) is 30.3 Å². The molecule has 0 fully saturated rings. The minimum absolute atomic E-state index is 0. The number of nitrogens with zero attached hydrogens (tertiary/aromatic N) is 1. The molecular formula is C12H17ClN2O4. The number of carbonyl (C=O) groups is 2. The maximum Gasteiger partial charge on any atom is 0.332 e. The van der Waals surface area contributed by atoms with Gasteiger partial charge >= 0.3 is 5.97 Å². The van der Waals surface area contributed by atoms with Crippen molar-refractivity contribution in [2.45, 2.75) is 12.6 Å². The molecule has 0 bridgehead atoms. The number of hydrogen-bond donors (Lipinski definition) is 1. The number of esters is 1. The second-order valence-corrected chi connectivity index (χ2v) is 3.50. The van der Waals surface area contributed by atoms with Crippen molar-refractivity contribution < 1.29 is 19.2 Å². The molecule has 0 unspecified atom stereocenters. The fourth-order valence-electron chi connectivity index (χ4n) is 1.36. The number of hydroxylamine groups is 2. The Hall–Kier alpha value is -1.63. The van der Waals surface area contributed by atoms with Gasteiger partial charge in [-0.2, -0.15) is 0 Å². The molecule has 6 nitrogen and oxygen atoms in total. The Kier molecular flexibility index (Phi) is 8.52. The molecule has 1 aromatic rings. The normalized spacial score (nSPS) is 11.1. The van der Waals surface area contributed by atoms with Gasteiger partial charge in [0.15, 0.2) is 6.04 Å². The molecule has 2 N–H and O–H groups in total. The number of ether oxygens (including phenoxy) is 1. The van der Waals surface area contributed by atoms with E-state index >= 15 is 0 Å². The number of benzene rings is 1. The van der Waals surface area contributed by atoms with Gasteiger partial charge in [0.2, 0.25) is 6.41 Å². The third-order valence-corrected chi connectivity index (χ3v) is 2.33. The predicted octanol–water partition coefficient (Wildman–Crippen LogP) is 0.499. The van der Waals surface area contributed by atoms with Crippen LogP contribution in [0, 0.1) is 0 Å². The van der Waals surface area contributed by atoms with E-state index in [-0.39, 0.29) is 25.6 Å². The molecule has 0 aliphatic heterocycles. The van der Waals surface area contributed by atoms with Gasteiger partial charge in [0, 0.05) is 6.54 Å². The first-order valence-corrected chi connectivity index (χ1v) is 5.41. The number of rotatable bonds is 7. The van der Waals surface area contributed by atoms with E-state index in [1.165, 1.54) is 7.11 Å². The van der Waals surface area contributed by atoms with Crippen LogP contribution in [0.2, 0.25) is 0 Å². The molecule has 0 aliphatic rings. The van der Waals surface area contributed by atoms with E-state index in [4.69, 9.17) is 10.6 Å². The molecule has 1 amide bonds. The van der Waals surface area contributed by atoms with E-state index in [1.807, 2.05) is 30.3 Å². The van der Waals surface area contributed by atoms with Crippen molar-refractivity contribution in [3.63, 3.8) is 0 Å². The van der Waals surface area contributed by atoms with Gasteiger partial charge in [-0.15, -0.1) is 12.4 Å². The summed E-state index contributed by atoms with van der Waals surface area (Å²) in [5, 5.41) is 0.874. The molecular weight excluding hydrogens is 272 g/mol. The van der Waals surface area contributed by atoms with E-state index in [1.54, 1.807) is 0 Å². The summed E-state index contributed by atoms with van der Waals surface area (Å²) < 4.78 is 4.54. The number of nitrogens with two attached hydrogens (primary N) is 1.